The predicted octanol–water partition coefficient (Wildman–Crippen LogP) is 1.56. The first kappa shape index (κ1) is 10.4. The number of aromatic nitrogens is 2. The van der Waals surface area contributed by atoms with Gasteiger partial charge < -0.3 is 9.47 Å². The first-order valence-electron chi connectivity index (χ1n) is 4.68. The average Bonchev–Trinajstić information content (AvgIpc) is 2.27. The Balaban J connectivity index is 2.46. The molecule has 0 aliphatic carbocycles. The van der Waals surface area contributed by atoms with Gasteiger partial charge >= 0.3 is 12.0 Å². The van der Waals surface area contributed by atoms with Crippen LogP contribution in [0.5, 0.6) is 11.8 Å². The van der Waals surface area contributed by atoms with Crippen molar-refractivity contribution in [1.29, 1.82) is 0 Å². The molecule has 0 aliphatic rings. The minimum atomic E-state index is -0.442. The molecule has 0 radical (unpaired) electrons. The second-order valence-electron chi connectivity index (χ2n) is 3.17. The summed E-state index contributed by atoms with van der Waals surface area (Å²) in [6.07, 6.45) is 1.60. The first-order valence-corrected chi connectivity index (χ1v) is 4.68. The molecule has 2 rings (SSSR count). The Hall–Kier alpha value is -2.17. The highest BCUT2D eigenvalue weighted by molar-refractivity contribution is 5.79. The van der Waals surface area contributed by atoms with Crippen LogP contribution in [0.25, 0.3) is 10.9 Å². The summed E-state index contributed by atoms with van der Waals surface area (Å²) in [5.41, 5.74) is 0.672. The largest absolute Gasteiger partial charge is 0.497 e. The number of hydrogen-bond donors (Lipinski definition) is 0. The van der Waals surface area contributed by atoms with Crippen molar-refractivity contribution in [3.8, 4) is 11.8 Å². The topological polar surface area (TPSA) is 61.3 Å². The van der Waals surface area contributed by atoms with Crippen LogP contribution < -0.4 is 9.47 Å². The third-order valence-corrected chi connectivity index (χ3v) is 2.00. The van der Waals surface area contributed by atoms with E-state index in [0.29, 0.717) is 11.3 Å². The summed E-state index contributed by atoms with van der Waals surface area (Å²) in [5.74, 6) is 0.252. The Morgan fingerprint density at radius 1 is 1.38 bits per heavy atom. The van der Waals surface area contributed by atoms with Gasteiger partial charge in [0, 0.05) is 24.6 Å². The van der Waals surface area contributed by atoms with Crippen molar-refractivity contribution < 1.29 is 14.3 Å². The van der Waals surface area contributed by atoms with E-state index in [1.807, 2.05) is 12.1 Å². The normalized spacial score (nSPS) is 10.1. The van der Waals surface area contributed by atoms with E-state index in [4.69, 9.17) is 9.47 Å². The molecule has 5 heteroatoms. The van der Waals surface area contributed by atoms with Gasteiger partial charge in [0.25, 0.3) is 0 Å². The Labute approximate surface area is 92.0 Å². The highest BCUT2D eigenvalue weighted by Gasteiger charge is 2.04. The van der Waals surface area contributed by atoms with Gasteiger partial charge in [-0.25, -0.2) is 4.98 Å². The predicted molar refractivity (Wildman–Crippen MR) is 57.4 cm³/mol. The molecule has 16 heavy (non-hydrogen) atoms. The van der Waals surface area contributed by atoms with Crippen LogP contribution >= 0.6 is 0 Å². The van der Waals surface area contributed by atoms with E-state index in [1.165, 1.54) is 6.92 Å². The summed E-state index contributed by atoms with van der Waals surface area (Å²) < 4.78 is 9.87. The lowest BCUT2D eigenvalue weighted by Gasteiger charge is -2.03. The number of methoxy groups -OCH3 is 1. The highest BCUT2D eigenvalue weighted by Crippen LogP contribution is 2.19. The first-order chi connectivity index (χ1) is 7.69. The molecule has 0 bridgehead atoms. The van der Waals surface area contributed by atoms with E-state index in [1.54, 1.807) is 19.4 Å². The number of carbonyl (C=O) groups is 1. The maximum Gasteiger partial charge on any atom is 0.324 e. The molecule has 0 amide bonds. The van der Waals surface area contributed by atoms with Crippen molar-refractivity contribution in [3.05, 3.63) is 24.4 Å². The Bertz CT molecular complexity index is 540. The van der Waals surface area contributed by atoms with Gasteiger partial charge in [-0.3, -0.25) is 4.79 Å². The molecule has 0 saturated carbocycles. The summed E-state index contributed by atoms with van der Waals surface area (Å²) in [4.78, 5) is 18.7. The molecule has 1 heterocycles. The zero-order valence-corrected chi connectivity index (χ0v) is 8.93. The highest BCUT2D eigenvalue weighted by atomic mass is 16.5. The standard InChI is InChI=1S/C11H10N2O3/c1-7(14)16-11-12-6-8-3-4-9(15-2)5-10(8)13-11/h3-6H,1-2H3. The maximum atomic E-state index is 10.7. The molecule has 0 unspecified atom stereocenters. The summed E-state index contributed by atoms with van der Waals surface area (Å²) in [5, 5.41) is 0.858. The number of benzene rings is 1. The third kappa shape index (κ3) is 2.08. The number of rotatable bonds is 2. The molecular formula is C11H10N2O3. The number of esters is 1. The fourth-order valence-corrected chi connectivity index (χ4v) is 1.29. The Kier molecular flexibility index (Phi) is 2.68. The number of fused-ring (bicyclic) bond motifs is 1. The monoisotopic (exact) mass is 218 g/mol. The third-order valence-electron chi connectivity index (χ3n) is 2.00. The molecule has 1 aromatic heterocycles. The smallest absolute Gasteiger partial charge is 0.324 e. The van der Waals surface area contributed by atoms with Gasteiger partial charge in [-0.05, 0) is 12.1 Å². The van der Waals surface area contributed by atoms with Gasteiger partial charge in [-0.2, -0.15) is 4.98 Å². The second-order valence-corrected chi connectivity index (χ2v) is 3.17. The average molecular weight is 218 g/mol. The minimum absolute atomic E-state index is 0.0493. The molecular weight excluding hydrogens is 208 g/mol. The number of nitrogens with zero attached hydrogens (tertiary/aromatic N) is 2. The molecule has 0 aliphatic heterocycles. The summed E-state index contributed by atoms with van der Waals surface area (Å²) in [6.45, 7) is 1.30. The van der Waals surface area contributed by atoms with Gasteiger partial charge in [0.2, 0.25) is 0 Å². The van der Waals surface area contributed by atoms with Crippen LogP contribution in [0.3, 0.4) is 0 Å². The van der Waals surface area contributed by atoms with Gasteiger partial charge in [0.05, 0.1) is 12.6 Å². The van der Waals surface area contributed by atoms with Crippen LogP contribution in [-0.2, 0) is 4.79 Å². The van der Waals surface area contributed by atoms with Crippen molar-refractivity contribution in [2.24, 2.45) is 0 Å². The van der Waals surface area contributed by atoms with Crippen LogP contribution in [0, 0.1) is 0 Å². The van der Waals surface area contributed by atoms with E-state index in [0.717, 1.165) is 5.39 Å². The molecule has 5 nitrogen and oxygen atoms in total. The van der Waals surface area contributed by atoms with Crippen LogP contribution in [0.2, 0.25) is 0 Å². The van der Waals surface area contributed by atoms with Crippen LogP contribution in [0.4, 0.5) is 0 Å². The fourth-order valence-electron chi connectivity index (χ4n) is 1.29. The molecule has 0 N–H and O–H groups in total. The Morgan fingerprint density at radius 3 is 2.88 bits per heavy atom. The van der Waals surface area contributed by atoms with Gasteiger partial charge in [-0.15, -0.1) is 0 Å². The van der Waals surface area contributed by atoms with E-state index in [2.05, 4.69) is 9.97 Å². The number of carbonyl (C=O) groups excluding carboxylic acids is 1. The molecule has 0 saturated heterocycles. The number of hydrogen-bond acceptors (Lipinski definition) is 5. The molecule has 2 aromatic rings. The van der Waals surface area contributed by atoms with Crippen LogP contribution in [0.1, 0.15) is 6.92 Å². The van der Waals surface area contributed by atoms with E-state index < -0.39 is 5.97 Å². The second kappa shape index (κ2) is 4.14. The van der Waals surface area contributed by atoms with Crippen LogP contribution in [0.15, 0.2) is 24.4 Å². The quantitative estimate of drug-likeness (QED) is 0.716. The summed E-state index contributed by atoms with van der Waals surface area (Å²) >= 11 is 0. The Morgan fingerprint density at radius 2 is 2.19 bits per heavy atom. The zero-order valence-electron chi connectivity index (χ0n) is 8.93. The van der Waals surface area contributed by atoms with E-state index >= 15 is 0 Å². The lowest BCUT2D eigenvalue weighted by molar-refractivity contribution is -0.132. The summed E-state index contributed by atoms with van der Waals surface area (Å²) in [7, 11) is 1.58. The van der Waals surface area contributed by atoms with Crippen molar-refractivity contribution >= 4 is 16.9 Å². The molecule has 1 aromatic carbocycles. The molecule has 0 fully saturated rings. The number of ether oxygens (including phenoxy) is 2. The van der Waals surface area contributed by atoms with Crippen molar-refractivity contribution in [2.75, 3.05) is 7.11 Å². The fraction of sp³-hybridized carbons (Fsp3) is 0.182. The lowest BCUT2D eigenvalue weighted by Crippen LogP contribution is -2.04. The van der Waals surface area contributed by atoms with Crippen molar-refractivity contribution in [1.82, 2.24) is 9.97 Å². The van der Waals surface area contributed by atoms with Gasteiger partial charge in [0.15, 0.2) is 0 Å². The lowest BCUT2D eigenvalue weighted by atomic mass is 10.2. The molecule has 0 spiro atoms. The zero-order chi connectivity index (χ0) is 11.5. The molecule has 0 atom stereocenters. The van der Waals surface area contributed by atoms with Gasteiger partial charge in [0.1, 0.15) is 5.75 Å². The van der Waals surface area contributed by atoms with Gasteiger partial charge in [-0.1, -0.05) is 0 Å². The van der Waals surface area contributed by atoms with Crippen molar-refractivity contribution in [3.63, 3.8) is 0 Å². The SMILES string of the molecule is COc1ccc2cnc(OC(C)=O)nc2c1. The van der Waals surface area contributed by atoms with Crippen molar-refractivity contribution in [2.45, 2.75) is 6.92 Å². The minimum Gasteiger partial charge on any atom is -0.497 e. The van der Waals surface area contributed by atoms with E-state index in [-0.39, 0.29) is 6.01 Å². The summed E-state index contributed by atoms with van der Waals surface area (Å²) in [6, 6.07) is 5.46. The molecule has 82 valence electrons. The van der Waals surface area contributed by atoms with Crippen LogP contribution in [-0.4, -0.2) is 23.0 Å². The van der Waals surface area contributed by atoms with E-state index in [9.17, 15) is 4.79 Å². The maximum absolute atomic E-state index is 10.7.